The Balaban J connectivity index is 2.38. The highest BCUT2D eigenvalue weighted by molar-refractivity contribution is 7.15. The summed E-state index contributed by atoms with van der Waals surface area (Å²) in [5, 5.41) is 1.44. The Labute approximate surface area is 123 Å². The molecule has 2 nitrogen and oxygen atoms in total. The molecule has 1 aromatic carbocycles. The van der Waals surface area contributed by atoms with E-state index in [-0.39, 0.29) is 5.41 Å². The molecule has 2 aromatic rings. The van der Waals surface area contributed by atoms with E-state index in [2.05, 4.69) is 37.9 Å². The maximum absolute atomic E-state index is 6.31. The molecular formula is C15H19ClN2S. The predicted octanol–water partition coefficient (Wildman–Crippen LogP) is 4.58. The van der Waals surface area contributed by atoms with Crippen molar-refractivity contribution in [2.24, 2.45) is 0 Å². The molecule has 2 N–H and O–H groups in total. The molecule has 0 atom stereocenters. The Bertz CT molecular complexity index is 597. The van der Waals surface area contributed by atoms with Crippen molar-refractivity contribution >= 4 is 28.1 Å². The first-order valence-electron chi connectivity index (χ1n) is 6.28. The van der Waals surface area contributed by atoms with Gasteiger partial charge in [0.15, 0.2) is 5.13 Å². The van der Waals surface area contributed by atoms with Gasteiger partial charge in [0.1, 0.15) is 0 Å². The minimum absolute atomic E-state index is 0.000622. The predicted molar refractivity (Wildman–Crippen MR) is 84.2 cm³/mol. The molecule has 19 heavy (non-hydrogen) atoms. The van der Waals surface area contributed by atoms with Crippen LogP contribution >= 0.6 is 22.9 Å². The first-order valence-corrected chi connectivity index (χ1v) is 7.47. The van der Waals surface area contributed by atoms with Gasteiger partial charge in [-0.3, -0.25) is 0 Å². The molecule has 1 aromatic heterocycles. The average molecular weight is 295 g/mol. The van der Waals surface area contributed by atoms with E-state index in [1.54, 1.807) is 11.3 Å². The van der Waals surface area contributed by atoms with Gasteiger partial charge in [-0.05, 0) is 24.1 Å². The summed E-state index contributed by atoms with van der Waals surface area (Å²) in [4.78, 5) is 5.68. The van der Waals surface area contributed by atoms with Crippen LogP contribution in [-0.4, -0.2) is 4.98 Å². The summed E-state index contributed by atoms with van der Waals surface area (Å²) < 4.78 is 0. The van der Waals surface area contributed by atoms with Gasteiger partial charge in [-0.25, -0.2) is 4.98 Å². The highest BCUT2D eigenvalue weighted by atomic mass is 35.5. The van der Waals surface area contributed by atoms with Crippen LogP contribution in [-0.2, 0) is 11.8 Å². The highest BCUT2D eigenvalue weighted by Crippen LogP contribution is 2.33. The van der Waals surface area contributed by atoms with Crippen LogP contribution in [0.25, 0.3) is 0 Å². The van der Waals surface area contributed by atoms with Gasteiger partial charge in [0, 0.05) is 21.7 Å². The molecule has 0 aliphatic rings. The summed E-state index contributed by atoms with van der Waals surface area (Å²) in [6, 6.07) is 6.17. The maximum atomic E-state index is 6.31. The maximum Gasteiger partial charge on any atom is 0.180 e. The Kier molecular flexibility index (Phi) is 3.88. The minimum atomic E-state index is 0.000622. The molecule has 0 aliphatic heterocycles. The lowest BCUT2D eigenvalue weighted by Crippen LogP contribution is -2.14. The van der Waals surface area contributed by atoms with Gasteiger partial charge in [0.05, 0.1) is 5.69 Å². The summed E-state index contributed by atoms with van der Waals surface area (Å²) in [5.41, 5.74) is 9.24. The lowest BCUT2D eigenvalue weighted by Gasteiger charge is -2.17. The zero-order valence-electron chi connectivity index (χ0n) is 11.7. The van der Waals surface area contributed by atoms with Gasteiger partial charge >= 0.3 is 0 Å². The van der Waals surface area contributed by atoms with Gasteiger partial charge in [0.25, 0.3) is 0 Å². The lowest BCUT2D eigenvalue weighted by molar-refractivity contribution is 0.568. The molecule has 0 bridgehead atoms. The SMILES string of the molecule is Cc1ccc(Cc2sc(N)nc2C(C)(C)C)c(Cl)c1. The third kappa shape index (κ3) is 3.28. The number of rotatable bonds is 2. The number of benzene rings is 1. The fraction of sp³-hybridized carbons (Fsp3) is 0.400. The molecule has 0 amide bonds. The number of halogens is 1. The van der Waals surface area contributed by atoms with Crippen molar-refractivity contribution in [1.82, 2.24) is 4.98 Å². The molecule has 0 aliphatic carbocycles. The number of nitrogens with zero attached hydrogens (tertiary/aromatic N) is 1. The monoisotopic (exact) mass is 294 g/mol. The molecule has 0 saturated carbocycles. The van der Waals surface area contributed by atoms with E-state index < -0.39 is 0 Å². The third-order valence-corrected chi connectivity index (χ3v) is 4.22. The molecule has 4 heteroatoms. The summed E-state index contributed by atoms with van der Waals surface area (Å²) in [5.74, 6) is 0. The Hall–Kier alpha value is -1.06. The fourth-order valence-corrected chi connectivity index (χ4v) is 3.41. The van der Waals surface area contributed by atoms with Crippen LogP contribution in [0.4, 0.5) is 5.13 Å². The van der Waals surface area contributed by atoms with Crippen molar-refractivity contribution in [3.05, 3.63) is 44.9 Å². The molecular weight excluding hydrogens is 276 g/mol. The van der Waals surface area contributed by atoms with Crippen molar-refractivity contribution < 1.29 is 0 Å². The van der Waals surface area contributed by atoms with Crippen LogP contribution in [0.5, 0.6) is 0 Å². The van der Waals surface area contributed by atoms with Crippen molar-refractivity contribution in [3.63, 3.8) is 0 Å². The second-order valence-corrected chi connectivity index (χ2v) is 7.37. The first kappa shape index (κ1) is 14.4. The molecule has 0 radical (unpaired) electrons. The third-order valence-electron chi connectivity index (χ3n) is 2.98. The number of hydrogen-bond acceptors (Lipinski definition) is 3. The second-order valence-electron chi connectivity index (χ2n) is 5.85. The van der Waals surface area contributed by atoms with E-state index in [0.29, 0.717) is 5.13 Å². The molecule has 2 rings (SSSR count). The standard InChI is InChI=1S/C15H19ClN2S/c1-9-5-6-10(11(16)7-9)8-12-13(15(2,3)4)18-14(17)19-12/h5-7H,8H2,1-4H3,(H2,17,18). The zero-order valence-corrected chi connectivity index (χ0v) is 13.3. The second kappa shape index (κ2) is 5.14. The van der Waals surface area contributed by atoms with Gasteiger partial charge in [-0.1, -0.05) is 44.5 Å². The van der Waals surface area contributed by atoms with Crippen LogP contribution < -0.4 is 5.73 Å². The molecule has 0 fully saturated rings. The largest absolute Gasteiger partial charge is 0.375 e. The summed E-state index contributed by atoms with van der Waals surface area (Å²) in [6.07, 6.45) is 0.792. The number of anilines is 1. The van der Waals surface area contributed by atoms with E-state index in [9.17, 15) is 0 Å². The number of hydrogen-bond donors (Lipinski definition) is 1. The van der Waals surface area contributed by atoms with E-state index in [1.807, 2.05) is 13.0 Å². The number of aryl methyl sites for hydroxylation is 1. The van der Waals surface area contributed by atoms with Crippen LogP contribution in [0.15, 0.2) is 18.2 Å². The molecule has 0 spiro atoms. The van der Waals surface area contributed by atoms with Crippen molar-refractivity contribution in [2.75, 3.05) is 5.73 Å². The summed E-state index contributed by atoms with van der Waals surface area (Å²) >= 11 is 7.86. The van der Waals surface area contributed by atoms with E-state index in [4.69, 9.17) is 17.3 Å². The zero-order chi connectivity index (χ0) is 14.2. The van der Waals surface area contributed by atoms with E-state index in [0.717, 1.165) is 22.7 Å². The van der Waals surface area contributed by atoms with Gasteiger partial charge in [-0.2, -0.15) is 0 Å². The first-order chi connectivity index (χ1) is 8.77. The quantitative estimate of drug-likeness (QED) is 0.881. The highest BCUT2D eigenvalue weighted by Gasteiger charge is 2.23. The molecule has 1 heterocycles. The van der Waals surface area contributed by atoms with Crippen LogP contribution in [0.2, 0.25) is 5.02 Å². The Morgan fingerprint density at radius 1 is 1.32 bits per heavy atom. The summed E-state index contributed by atoms with van der Waals surface area (Å²) in [6.45, 7) is 8.51. The molecule has 102 valence electrons. The van der Waals surface area contributed by atoms with Crippen molar-refractivity contribution in [3.8, 4) is 0 Å². The topological polar surface area (TPSA) is 38.9 Å². The summed E-state index contributed by atoms with van der Waals surface area (Å²) in [7, 11) is 0. The van der Waals surface area contributed by atoms with Gasteiger partial charge < -0.3 is 5.73 Å². The molecule has 0 saturated heterocycles. The number of nitrogen functional groups attached to an aromatic ring is 1. The number of nitrogens with two attached hydrogens (primary N) is 1. The smallest absolute Gasteiger partial charge is 0.180 e. The minimum Gasteiger partial charge on any atom is -0.375 e. The van der Waals surface area contributed by atoms with Crippen LogP contribution in [0, 0.1) is 6.92 Å². The van der Waals surface area contributed by atoms with E-state index in [1.165, 1.54) is 10.4 Å². The van der Waals surface area contributed by atoms with Gasteiger partial charge in [-0.15, -0.1) is 11.3 Å². The normalized spacial score (nSPS) is 11.8. The number of thiazole rings is 1. The fourth-order valence-electron chi connectivity index (χ4n) is 2.04. The van der Waals surface area contributed by atoms with Crippen LogP contribution in [0.3, 0.4) is 0 Å². The van der Waals surface area contributed by atoms with Crippen molar-refractivity contribution in [1.29, 1.82) is 0 Å². The number of aromatic nitrogens is 1. The Morgan fingerprint density at radius 2 is 2.00 bits per heavy atom. The lowest BCUT2D eigenvalue weighted by atomic mass is 9.90. The Morgan fingerprint density at radius 3 is 2.58 bits per heavy atom. The average Bonchev–Trinajstić information content (AvgIpc) is 2.63. The van der Waals surface area contributed by atoms with Crippen molar-refractivity contribution in [2.45, 2.75) is 39.5 Å². The van der Waals surface area contributed by atoms with E-state index >= 15 is 0 Å². The molecule has 0 unspecified atom stereocenters. The van der Waals surface area contributed by atoms with Crippen LogP contribution in [0.1, 0.15) is 42.5 Å². The van der Waals surface area contributed by atoms with Gasteiger partial charge in [0.2, 0.25) is 0 Å².